The number of aromatic carboxylic acids is 1. The van der Waals surface area contributed by atoms with Crippen LogP contribution in [0, 0.1) is 19.8 Å². The van der Waals surface area contributed by atoms with E-state index in [0.717, 1.165) is 24.1 Å². The molecular weight excluding hydrogens is 240 g/mol. The first-order valence-corrected chi connectivity index (χ1v) is 6.95. The van der Waals surface area contributed by atoms with Crippen LogP contribution in [-0.2, 0) is 0 Å². The number of nitrogens with one attached hydrogen (secondary N) is 1. The van der Waals surface area contributed by atoms with Crippen LogP contribution in [0.15, 0.2) is 6.07 Å². The third-order valence-corrected chi connectivity index (χ3v) is 3.84. The number of aryl methyl sites for hydroxylation is 2. The van der Waals surface area contributed by atoms with Crippen LogP contribution in [0.1, 0.15) is 54.2 Å². The van der Waals surface area contributed by atoms with Crippen molar-refractivity contribution in [2.45, 2.75) is 52.5 Å². The van der Waals surface area contributed by atoms with E-state index in [4.69, 9.17) is 0 Å². The molecule has 2 unspecified atom stereocenters. The van der Waals surface area contributed by atoms with Crippen molar-refractivity contribution in [2.24, 2.45) is 5.92 Å². The number of rotatable bonds is 3. The summed E-state index contributed by atoms with van der Waals surface area (Å²) in [5.41, 5.74) is 1.93. The van der Waals surface area contributed by atoms with E-state index >= 15 is 0 Å². The molecular formula is C15H22N2O2. The topological polar surface area (TPSA) is 62.2 Å². The van der Waals surface area contributed by atoms with E-state index in [1.165, 1.54) is 12.8 Å². The van der Waals surface area contributed by atoms with Gasteiger partial charge in [0.25, 0.3) is 0 Å². The second kappa shape index (κ2) is 5.59. The minimum absolute atomic E-state index is 0.309. The fourth-order valence-electron chi connectivity index (χ4n) is 2.97. The third kappa shape index (κ3) is 3.25. The van der Waals surface area contributed by atoms with Crippen molar-refractivity contribution in [2.75, 3.05) is 5.32 Å². The highest BCUT2D eigenvalue weighted by molar-refractivity contribution is 5.94. The predicted octanol–water partition coefficient (Wildman–Crippen LogP) is 3.39. The van der Waals surface area contributed by atoms with Gasteiger partial charge in [0, 0.05) is 11.7 Å². The zero-order chi connectivity index (χ0) is 14.0. The van der Waals surface area contributed by atoms with Crippen LogP contribution in [0.5, 0.6) is 0 Å². The number of hydrogen-bond acceptors (Lipinski definition) is 3. The van der Waals surface area contributed by atoms with Crippen LogP contribution in [0.3, 0.4) is 0 Å². The Morgan fingerprint density at radius 1 is 1.42 bits per heavy atom. The first-order valence-electron chi connectivity index (χ1n) is 6.95. The molecule has 1 aromatic rings. The molecule has 4 nitrogen and oxygen atoms in total. The van der Waals surface area contributed by atoms with Crippen LogP contribution in [0.25, 0.3) is 0 Å². The molecule has 2 atom stereocenters. The molecule has 1 heterocycles. The Balaban J connectivity index is 2.25. The highest BCUT2D eigenvalue weighted by Crippen LogP contribution is 2.27. The molecule has 2 rings (SSSR count). The lowest BCUT2D eigenvalue weighted by atomic mass is 9.87. The minimum atomic E-state index is -0.906. The second-order valence-corrected chi connectivity index (χ2v) is 5.72. The molecule has 104 valence electrons. The summed E-state index contributed by atoms with van der Waals surface area (Å²) in [6.45, 7) is 5.97. The Bertz CT molecular complexity index is 485. The van der Waals surface area contributed by atoms with E-state index in [1.807, 2.05) is 19.9 Å². The molecule has 0 radical (unpaired) electrons. The van der Waals surface area contributed by atoms with Gasteiger partial charge in [-0.2, -0.15) is 0 Å². The summed E-state index contributed by atoms with van der Waals surface area (Å²) in [6.07, 6.45) is 4.65. The fraction of sp³-hybridized carbons (Fsp3) is 0.600. The van der Waals surface area contributed by atoms with Gasteiger partial charge in [-0.05, 0) is 44.2 Å². The van der Waals surface area contributed by atoms with E-state index in [1.54, 1.807) is 0 Å². The molecule has 0 spiro atoms. The van der Waals surface area contributed by atoms with Gasteiger partial charge >= 0.3 is 5.97 Å². The molecule has 0 amide bonds. The van der Waals surface area contributed by atoms with E-state index in [0.29, 0.717) is 23.3 Å². The lowest BCUT2D eigenvalue weighted by Gasteiger charge is -2.28. The number of carboxylic acid groups (broad SMARTS) is 1. The van der Waals surface area contributed by atoms with Crippen molar-refractivity contribution >= 4 is 11.8 Å². The average Bonchev–Trinajstić information content (AvgIpc) is 2.26. The number of carboxylic acids is 1. The summed E-state index contributed by atoms with van der Waals surface area (Å²) < 4.78 is 0. The molecule has 1 aliphatic carbocycles. The maximum Gasteiger partial charge on any atom is 0.339 e. The zero-order valence-corrected chi connectivity index (χ0v) is 11.9. The molecule has 0 aliphatic heterocycles. The van der Waals surface area contributed by atoms with Crippen molar-refractivity contribution in [1.29, 1.82) is 0 Å². The number of anilines is 1. The molecule has 1 aliphatic rings. The Hall–Kier alpha value is -1.58. The summed E-state index contributed by atoms with van der Waals surface area (Å²) in [4.78, 5) is 15.8. The Morgan fingerprint density at radius 3 is 2.79 bits per heavy atom. The third-order valence-electron chi connectivity index (χ3n) is 3.84. The predicted molar refractivity (Wildman–Crippen MR) is 75.7 cm³/mol. The maximum absolute atomic E-state index is 11.4. The van der Waals surface area contributed by atoms with Gasteiger partial charge in [-0.25, -0.2) is 9.78 Å². The largest absolute Gasteiger partial charge is 0.478 e. The first kappa shape index (κ1) is 13.8. The lowest BCUT2D eigenvalue weighted by Crippen LogP contribution is -2.28. The summed E-state index contributed by atoms with van der Waals surface area (Å²) in [5, 5.41) is 12.7. The Morgan fingerprint density at radius 2 is 2.16 bits per heavy atom. The van der Waals surface area contributed by atoms with Crippen LogP contribution >= 0.6 is 0 Å². The molecule has 19 heavy (non-hydrogen) atoms. The normalized spacial score (nSPS) is 23.1. The van der Waals surface area contributed by atoms with Gasteiger partial charge in [0.2, 0.25) is 0 Å². The lowest BCUT2D eigenvalue weighted by molar-refractivity contribution is 0.0696. The second-order valence-electron chi connectivity index (χ2n) is 5.72. The van der Waals surface area contributed by atoms with Crippen molar-refractivity contribution < 1.29 is 9.90 Å². The van der Waals surface area contributed by atoms with Gasteiger partial charge in [0.1, 0.15) is 11.4 Å². The summed E-state index contributed by atoms with van der Waals surface area (Å²) in [5.74, 6) is 0.325. The highest BCUT2D eigenvalue weighted by Gasteiger charge is 2.22. The molecule has 1 saturated carbocycles. The summed E-state index contributed by atoms with van der Waals surface area (Å²) in [7, 11) is 0. The van der Waals surface area contributed by atoms with Gasteiger partial charge in [-0.1, -0.05) is 19.8 Å². The van der Waals surface area contributed by atoms with Crippen molar-refractivity contribution in [3.8, 4) is 0 Å². The number of carbonyl (C=O) groups is 1. The Labute approximate surface area is 114 Å². The van der Waals surface area contributed by atoms with Gasteiger partial charge < -0.3 is 10.4 Å². The number of aromatic nitrogens is 1. The quantitative estimate of drug-likeness (QED) is 0.876. The fourth-order valence-corrected chi connectivity index (χ4v) is 2.97. The zero-order valence-electron chi connectivity index (χ0n) is 11.9. The van der Waals surface area contributed by atoms with Crippen LogP contribution < -0.4 is 5.32 Å². The number of hydrogen-bond donors (Lipinski definition) is 2. The van der Waals surface area contributed by atoms with Crippen LogP contribution in [0.2, 0.25) is 0 Å². The Kier molecular flexibility index (Phi) is 4.08. The van der Waals surface area contributed by atoms with Gasteiger partial charge in [0.05, 0.1) is 0 Å². The SMILES string of the molecule is Cc1cc(C)c(C(=O)O)c(NC2CCCC(C)C2)n1. The minimum Gasteiger partial charge on any atom is -0.478 e. The molecule has 1 aromatic heterocycles. The van der Waals surface area contributed by atoms with Crippen molar-refractivity contribution in [1.82, 2.24) is 4.98 Å². The summed E-state index contributed by atoms with van der Waals surface area (Å²) in [6, 6.07) is 2.16. The van der Waals surface area contributed by atoms with E-state index < -0.39 is 5.97 Å². The summed E-state index contributed by atoms with van der Waals surface area (Å²) >= 11 is 0. The molecule has 4 heteroatoms. The monoisotopic (exact) mass is 262 g/mol. The van der Waals surface area contributed by atoms with Crippen LogP contribution in [0.4, 0.5) is 5.82 Å². The van der Waals surface area contributed by atoms with Crippen molar-refractivity contribution in [3.05, 3.63) is 22.9 Å². The standard InChI is InChI=1S/C15H22N2O2/c1-9-5-4-6-12(7-9)17-14-13(15(18)19)10(2)8-11(3)16-14/h8-9,12H,4-7H2,1-3H3,(H,16,17)(H,18,19). The maximum atomic E-state index is 11.4. The van der Waals surface area contributed by atoms with Crippen LogP contribution in [-0.4, -0.2) is 22.1 Å². The van der Waals surface area contributed by atoms with Crippen molar-refractivity contribution in [3.63, 3.8) is 0 Å². The smallest absolute Gasteiger partial charge is 0.339 e. The number of pyridine rings is 1. The van der Waals surface area contributed by atoms with Gasteiger partial charge in [-0.15, -0.1) is 0 Å². The van der Waals surface area contributed by atoms with E-state index in [9.17, 15) is 9.90 Å². The van der Waals surface area contributed by atoms with Gasteiger partial charge in [0.15, 0.2) is 0 Å². The van der Waals surface area contributed by atoms with E-state index in [-0.39, 0.29) is 0 Å². The van der Waals surface area contributed by atoms with E-state index in [2.05, 4.69) is 17.2 Å². The molecule has 0 aromatic carbocycles. The van der Waals surface area contributed by atoms with Gasteiger partial charge in [-0.3, -0.25) is 0 Å². The highest BCUT2D eigenvalue weighted by atomic mass is 16.4. The molecule has 1 fully saturated rings. The number of nitrogens with zero attached hydrogens (tertiary/aromatic N) is 1. The average molecular weight is 262 g/mol. The first-order chi connectivity index (χ1) is 8.97. The molecule has 2 N–H and O–H groups in total. The molecule has 0 saturated heterocycles. The molecule has 0 bridgehead atoms.